The Kier molecular flexibility index (Phi) is 2.89. The molecular formula is C7H4BrF2NO4. The van der Waals surface area contributed by atoms with Crippen LogP contribution in [0.15, 0.2) is 22.5 Å². The van der Waals surface area contributed by atoms with Crippen LogP contribution in [0.1, 0.15) is 0 Å². The number of nitrogens with zero attached hydrogens (tertiary/aromatic N) is 1. The van der Waals surface area contributed by atoms with Crippen LogP contribution in [0.3, 0.4) is 0 Å². The lowest BCUT2D eigenvalue weighted by molar-refractivity contribution is -0.553. The summed E-state index contributed by atoms with van der Waals surface area (Å²) < 4.78 is 26.2. The van der Waals surface area contributed by atoms with Gasteiger partial charge in [0.25, 0.3) is 0 Å². The molecule has 0 bridgehead atoms. The molecule has 15 heavy (non-hydrogen) atoms. The molecule has 0 aliphatic heterocycles. The van der Waals surface area contributed by atoms with E-state index < -0.39 is 28.4 Å². The highest BCUT2D eigenvalue weighted by molar-refractivity contribution is 9.11. The minimum atomic E-state index is -3.38. The predicted molar refractivity (Wildman–Crippen MR) is 48.5 cm³/mol. The number of carbonyl (C=O) groups is 1. The molecule has 1 N–H and O–H groups in total. The van der Waals surface area contributed by atoms with Crippen LogP contribution in [-0.2, 0) is 4.79 Å². The molecule has 5 nitrogen and oxygen atoms in total. The molecule has 0 aromatic rings. The number of allylic oxidation sites excluding steroid dienone is 2. The summed E-state index contributed by atoms with van der Waals surface area (Å²) in [5.74, 6) is -3.82. The third-order valence-corrected chi connectivity index (χ3v) is 2.64. The molecule has 0 saturated carbocycles. The summed E-state index contributed by atoms with van der Waals surface area (Å²) in [5, 5.41) is 19.1. The van der Waals surface area contributed by atoms with Crippen molar-refractivity contribution in [3.63, 3.8) is 0 Å². The van der Waals surface area contributed by atoms with E-state index in [1.54, 1.807) is 0 Å². The number of hydrogen-bond donors (Lipinski definition) is 1. The zero-order valence-corrected chi connectivity index (χ0v) is 8.57. The highest BCUT2D eigenvalue weighted by atomic mass is 79.9. The summed E-state index contributed by atoms with van der Waals surface area (Å²) in [4.78, 5) is 19.7. The number of hydrogen-bond acceptors (Lipinski definition) is 3. The molecule has 0 spiro atoms. The first-order chi connectivity index (χ1) is 6.85. The Hall–Kier alpha value is -1.31. The first-order valence-corrected chi connectivity index (χ1v) is 4.39. The Morgan fingerprint density at radius 2 is 2.20 bits per heavy atom. The van der Waals surface area contributed by atoms with Gasteiger partial charge in [0.05, 0.1) is 0 Å². The van der Waals surface area contributed by atoms with Gasteiger partial charge in [0.15, 0.2) is 5.83 Å². The van der Waals surface area contributed by atoms with Crippen molar-refractivity contribution in [1.82, 2.24) is 0 Å². The molecule has 0 fully saturated rings. The van der Waals surface area contributed by atoms with E-state index in [-0.39, 0.29) is 4.48 Å². The number of halogens is 3. The van der Waals surface area contributed by atoms with Crippen molar-refractivity contribution in [2.45, 2.75) is 11.7 Å². The lowest BCUT2D eigenvalue weighted by Gasteiger charge is -2.24. The summed E-state index contributed by atoms with van der Waals surface area (Å²) in [6, 6.07) is 0. The fourth-order valence-electron chi connectivity index (χ4n) is 1.15. The van der Waals surface area contributed by atoms with Gasteiger partial charge in [0, 0.05) is 9.41 Å². The summed E-state index contributed by atoms with van der Waals surface area (Å²) in [6.45, 7) is 0. The molecule has 0 saturated heterocycles. The molecule has 0 aromatic heterocycles. The van der Waals surface area contributed by atoms with Gasteiger partial charge in [-0.3, -0.25) is 10.1 Å². The Bertz CT molecular complexity index is 378. The van der Waals surface area contributed by atoms with Gasteiger partial charge in [-0.05, 0) is 12.2 Å². The monoisotopic (exact) mass is 283 g/mol. The van der Waals surface area contributed by atoms with Gasteiger partial charge in [0.1, 0.15) is 0 Å². The zero-order valence-electron chi connectivity index (χ0n) is 6.99. The van der Waals surface area contributed by atoms with Crippen LogP contribution in [0.5, 0.6) is 0 Å². The van der Waals surface area contributed by atoms with E-state index in [9.17, 15) is 23.7 Å². The van der Waals surface area contributed by atoms with Crippen LogP contribution in [0.4, 0.5) is 8.78 Å². The zero-order chi connectivity index (χ0) is 11.8. The smallest absolute Gasteiger partial charge is 0.401 e. The number of alkyl halides is 1. The number of aliphatic carboxylic acids is 1. The highest BCUT2D eigenvalue weighted by Crippen LogP contribution is 2.38. The van der Waals surface area contributed by atoms with E-state index >= 15 is 0 Å². The second-order valence-corrected chi connectivity index (χ2v) is 3.67. The lowest BCUT2D eigenvalue weighted by atomic mass is 9.89. The Labute approximate surface area is 90.4 Å². The van der Waals surface area contributed by atoms with Crippen LogP contribution in [-0.4, -0.2) is 27.7 Å². The third-order valence-electron chi connectivity index (χ3n) is 1.98. The molecule has 0 aromatic carbocycles. The van der Waals surface area contributed by atoms with Gasteiger partial charge in [0.2, 0.25) is 6.17 Å². The minimum absolute atomic E-state index is 0.386. The van der Waals surface area contributed by atoms with Gasteiger partial charge in [-0.15, -0.1) is 0 Å². The predicted octanol–water partition coefficient (Wildman–Crippen LogP) is 1.57. The van der Waals surface area contributed by atoms with Gasteiger partial charge < -0.3 is 5.11 Å². The lowest BCUT2D eigenvalue weighted by Crippen LogP contribution is -2.55. The summed E-state index contributed by atoms with van der Waals surface area (Å²) >= 11 is 2.60. The molecule has 0 amide bonds. The van der Waals surface area contributed by atoms with Crippen molar-refractivity contribution < 1.29 is 23.6 Å². The average molecular weight is 284 g/mol. The van der Waals surface area contributed by atoms with Crippen molar-refractivity contribution >= 4 is 21.9 Å². The maximum Gasteiger partial charge on any atom is 0.401 e. The molecule has 2 atom stereocenters. The van der Waals surface area contributed by atoms with Gasteiger partial charge in [-0.1, -0.05) is 15.9 Å². The Morgan fingerprint density at radius 3 is 2.53 bits per heavy atom. The quantitative estimate of drug-likeness (QED) is 0.616. The SMILES string of the molecule is O=C(O)C1([N+](=O)[O-])C(F)=CC=C(Br)C1F. The van der Waals surface area contributed by atoms with Gasteiger partial charge in [-0.25, -0.2) is 13.6 Å². The second-order valence-electron chi connectivity index (χ2n) is 2.76. The van der Waals surface area contributed by atoms with Crippen molar-refractivity contribution in [3.05, 3.63) is 32.6 Å². The van der Waals surface area contributed by atoms with E-state index in [4.69, 9.17) is 5.11 Å². The number of carboxylic acids is 1. The van der Waals surface area contributed by atoms with Crippen molar-refractivity contribution in [2.24, 2.45) is 0 Å². The molecular weight excluding hydrogens is 280 g/mol. The van der Waals surface area contributed by atoms with E-state index in [1.165, 1.54) is 0 Å². The molecule has 0 heterocycles. The number of rotatable bonds is 2. The van der Waals surface area contributed by atoms with Crippen LogP contribution >= 0.6 is 15.9 Å². The largest absolute Gasteiger partial charge is 0.475 e. The number of carboxylic acid groups (broad SMARTS) is 1. The van der Waals surface area contributed by atoms with Crippen LogP contribution in [0, 0.1) is 10.1 Å². The summed E-state index contributed by atoms with van der Waals surface area (Å²) in [7, 11) is 0. The topological polar surface area (TPSA) is 80.4 Å². The fourth-order valence-corrected chi connectivity index (χ4v) is 1.62. The molecule has 1 aliphatic carbocycles. The molecule has 82 valence electrons. The Morgan fingerprint density at radius 1 is 1.67 bits per heavy atom. The van der Waals surface area contributed by atoms with E-state index in [2.05, 4.69) is 15.9 Å². The first kappa shape index (κ1) is 11.8. The van der Waals surface area contributed by atoms with E-state index in [0.717, 1.165) is 6.08 Å². The fraction of sp³-hybridized carbons (Fsp3) is 0.286. The van der Waals surface area contributed by atoms with Crippen molar-refractivity contribution in [3.8, 4) is 0 Å². The normalized spacial score (nSPS) is 30.5. The Balaban J connectivity index is 3.43. The van der Waals surface area contributed by atoms with E-state index in [1.807, 2.05) is 0 Å². The summed E-state index contributed by atoms with van der Waals surface area (Å²) in [6.07, 6.45) is -1.14. The van der Waals surface area contributed by atoms with Crippen molar-refractivity contribution in [1.29, 1.82) is 0 Å². The maximum atomic E-state index is 13.4. The number of nitro groups is 1. The molecule has 8 heteroatoms. The van der Waals surface area contributed by atoms with Gasteiger partial charge >= 0.3 is 11.5 Å². The molecule has 0 radical (unpaired) electrons. The van der Waals surface area contributed by atoms with Crippen LogP contribution in [0.2, 0.25) is 0 Å². The van der Waals surface area contributed by atoms with Crippen molar-refractivity contribution in [2.75, 3.05) is 0 Å². The molecule has 2 unspecified atom stereocenters. The maximum absolute atomic E-state index is 13.4. The highest BCUT2D eigenvalue weighted by Gasteiger charge is 2.65. The van der Waals surface area contributed by atoms with Crippen LogP contribution < -0.4 is 0 Å². The molecule has 1 aliphatic rings. The van der Waals surface area contributed by atoms with E-state index in [0.29, 0.717) is 6.08 Å². The molecule has 1 rings (SSSR count). The van der Waals surface area contributed by atoms with Crippen LogP contribution in [0.25, 0.3) is 0 Å². The van der Waals surface area contributed by atoms with Gasteiger partial charge in [-0.2, -0.15) is 0 Å². The summed E-state index contributed by atoms with van der Waals surface area (Å²) in [5.41, 5.74) is -3.38. The standard InChI is InChI=1S/C7H4BrF2NO4/c8-3-1-2-4(9)7(5(3)10,6(12)13)11(14)15/h1-2,5H,(H,12,13). The minimum Gasteiger partial charge on any atom is -0.475 e. The third kappa shape index (κ3) is 1.44. The second kappa shape index (κ2) is 3.69. The first-order valence-electron chi connectivity index (χ1n) is 3.60. The average Bonchev–Trinajstić information content (AvgIpc) is 2.11.